The van der Waals surface area contributed by atoms with Crippen LogP contribution in [-0.4, -0.2) is 80.9 Å². The van der Waals surface area contributed by atoms with Crippen LogP contribution in [0.15, 0.2) is 29.2 Å². The highest BCUT2D eigenvalue weighted by atomic mass is 32.2. The molecule has 2 heterocycles. The summed E-state index contributed by atoms with van der Waals surface area (Å²) in [6.07, 6.45) is 0. The second-order valence-electron chi connectivity index (χ2n) is 9.74. The SMILES string of the molecule is Cc1c(C)c(C)c(S(=O)(=O)N2CCN(C(=O)c3cccc(CN4CCOCC4)c3)CC2)c(C)c1C. The number of morpholine rings is 1. The van der Waals surface area contributed by atoms with Crippen LogP contribution in [0, 0.1) is 34.6 Å². The normalized spacial score (nSPS) is 18.1. The van der Waals surface area contributed by atoms with E-state index in [0.29, 0.717) is 36.6 Å². The molecule has 8 heteroatoms. The van der Waals surface area contributed by atoms with Crippen molar-refractivity contribution in [2.45, 2.75) is 46.1 Å². The van der Waals surface area contributed by atoms with Gasteiger partial charge < -0.3 is 9.64 Å². The van der Waals surface area contributed by atoms with Crippen LogP contribution >= 0.6 is 0 Å². The van der Waals surface area contributed by atoms with Crippen LogP contribution in [0.3, 0.4) is 0 Å². The summed E-state index contributed by atoms with van der Waals surface area (Å²) in [6.45, 7) is 15.2. The van der Waals surface area contributed by atoms with Crippen LogP contribution in [0.1, 0.15) is 43.7 Å². The molecule has 0 aromatic heterocycles. The lowest BCUT2D eigenvalue weighted by Crippen LogP contribution is -2.50. The van der Waals surface area contributed by atoms with Crippen LogP contribution in [0.5, 0.6) is 0 Å². The second-order valence-corrected chi connectivity index (χ2v) is 11.6. The highest BCUT2D eigenvalue weighted by Crippen LogP contribution is 2.32. The van der Waals surface area contributed by atoms with Gasteiger partial charge in [0.1, 0.15) is 0 Å². The first-order valence-electron chi connectivity index (χ1n) is 12.4. The van der Waals surface area contributed by atoms with Gasteiger partial charge in [0.05, 0.1) is 18.1 Å². The van der Waals surface area contributed by atoms with Crippen molar-refractivity contribution in [2.24, 2.45) is 0 Å². The molecule has 2 aliphatic heterocycles. The van der Waals surface area contributed by atoms with Crippen molar-refractivity contribution in [3.8, 4) is 0 Å². The number of carbonyl (C=O) groups is 1. The lowest BCUT2D eigenvalue weighted by Gasteiger charge is -2.35. The molecule has 0 aliphatic carbocycles. The predicted molar refractivity (Wildman–Crippen MR) is 137 cm³/mol. The Morgan fingerprint density at radius 2 is 1.40 bits per heavy atom. The molecule has 7 nitrogen and oxygen atoms in total. The molecule has 2 aromatic rings. The summed E-state index contributed by atoms with van der Waals surface area (Å²) < 4.78 is 34.2. The fourth-order valence-electron chi connectivity index (χ4n) is 5.12. The molecule has 2 fully saturated rings. The maximum Gasteiger partial charge on any atom is 0.253 e. The van der Waals surface area contributed by atoms with Gasteiger partial charge in [0, 0.05) is 51.4 Å². The molecule has 0 bridgehead atoms. The first-order chi connectivity index (χ1) is 16.6. The number of amides is 1. The molecule has 1 amide bonds. The molecular weight excluding hydrogens is 462 g/mol. The number of sulfonamides is 1. The van der Waals surface area contributed by atoms with Crippen LogP contribution in [0.2, 0.25) is 0 Å². The van der Waals surface area contributed by atoms with Gasteiger partial charge in [-0.05, 0) is 80.1 Å². The summed E-state index contributed by atoms with van der Waals surface area (Å²) in [5, 5.41) is 0. The molecule has 0 atom stereocenters. The highest BCUT2D eigenvalue weighted by molar-refractivity contribution is 7.89. The van der Waals surface area contributed by atoms with E-state index in [9.17, 15) is 13.2 Å². The van der Waals surface area contributed by atoms with E-state index in [0.717, 1.165) is 66.2 Å². The first-order valence-corrected chi connectivity index (χ1v) is 13.8. The summed E-state index contributed by atoms with van der Waals surface area (Å²) in [7, 11) is -3.64. The average molecular weight is 500 g/mol. The van der Waals surface area contributed by atoms with Crippen molar-refractivity contribution in [1.29, 1.82) is 0 Å². The first kappa shape index (κ1) is 25.8. The van der Waals surface area contributed by atoms with Crippen LogP contribution in [0.4, 0.5) is 0 Å². The van der Waals surface area contributed by atoms with Gasteiger partial charge in [0.25, 0.3) is 5.91 Å². The fraction of sp³-hybridized carbons (Fsp3) is 0.519. The maximum atomic E-state index is 13.6. The number of carbonyl (C=O) groups excluding carboxylic acids is 1. The minimum atomic E-state index is -3.64. The minimum absolute atomic E-state index is 0.0414. The van der Waals surface area contributed by atoms with E-state index in [1.54, 1.807) is 4.90 Å². The van der Waals surface area contributed by atoms with Gasteiger partial charge in [0.15, 0.2) is 0 Å². The number of hydrogen-bond acceptors (Lipinski definition) is 5. The van der Waals surface area contributed by atoms with E-state index in [1.165, 1.54) is 4.31 Å². The number of ether oxygens (including phenoxy) is 1. The Morgan fingerprint density at radius 3 is 2.00 bits per heavy atom. The Morgan fingerprint density at radius 1 is 0.829 bits per heavy atom. The Labute approximate surface area is 209 Å². The van der Waals surface area contributed by atoms with E-state index in [-0.39, 0.29) is 5.91 Å². The third kappa shape index (κ3) is 5.16. The topological polar surface area (TPSA) is 70.2 Å². The number of rotatable bonds is 5. The van der Waals surface area contributed by atoms with Gasteiger partial charge >= 0.3 is 0 Å². The van der Waals surface area contributed by atoms with Crippen molar-refractivity contribution >= 4 is 15.9 Å². The zero-order valence-electron chi connectivity index (χ0n) is 21.6. The molecule has 190 valence electrons. The Hall–Kier alpha value is -2.26. The van der Waals surface area contributed by atoms with Gasteiger partial charge in [-0.25, -0.2) is 8.42 Å². The van der Waals surface area contributed by atoms with Gasteiger partial charge in [-0.3, -0.25) is 9.69 Å². The quantitative estimate of drug-likeness (QED) is 0.632. The van der Waals surface area contributed by atoms with E-state index in [4.69, 9.17) is 4.74 Å². The van der Waals surface area contributed by atoms with Crippen molar-refractivity contribution in [3.63, 3.8) is 0 Å². The summed E-state index contributed by atoms with van der Waals surface area (Å²) in [5.41, 5.74) is 6.60. The molecule has 35 heavy (non-hydrogen) atoms. The molecule has 0 spiro atoms. The molecule has 0 saturated carbocycles. The summed E-state index contributed by atoms with van der Waals surface area (Å²) >= 11 is 0. The maximum absolute atomic E-state index is 13.6. The lowest BCUT2D eigenvalue weighted by atomic mass is 9.95. The molecule has 0 N–H and O–H groups in total. The van der Waals surface area contributed by atoms with Gasteiger partial charge in [-0.2, -0.15) is 4.31 Å². The van der Waals surface area contributed by atoms with E-state index < -0.39 is 10.0 Å². The van der Waals surface area contributed by atoms with Crippen LogP contribution in [0.25, 0.3) is 0 Å². The number of benzene rings is 2. The molecular formula is C27H37N3O4S. The molecule has 2 saturated heterocycles. The Balaban J connectivity index is 1.45. The van der Waals surface area contributed by atoms with Crippen molar-refractivity contribution in [1.82, 2.24) is 14.1 Å². The molecule has 2 aromatic carbocycles. The third-order valence-electron chi connectivity index (χ3n) is 7.74. The summed E-state index contributed by atoms with van der Waals surface area (Å²) in [6, 6.07) is 7.79. The summed E-state index contributed by atoms with van der Waals surface area (Å²) in [4.78, 5) is 17.8. The second kappa shape index (κ2) is 10.4. The van der Waals surface area contributed by atoms with Gasteiger partial charge in [0.2, 0.25) is 10.0 Å². The van der Waals surface area contributed by atoms with Crippen molar-refractivity contribution < 1.29 is 17.9 Å². The zero-order chi connectivity index (χ0) is 25.3. The number of hydrogen-bond donors (Lipinski definition) is 0. The third-order valence-corrected chi connectivity index (χ3v) is 9.91. The number of piperazine rings is 1. The number of nitrogens with zero attached hydrogens (tertiary/aromatic N) is 3. The lowest BCUT2D eigenvalue weighted by molar-refractivity contribution is 0.0341. The predicted octanol–water partition coefficient (Wildman–Crippen LogP) is 3.21. The van der Waals surface area contributed by atoms with E-state index >= 15 is 0 Å². The molecule has 2 aliphatic rings. The fourth-order valence-corrected chi connectivity index (χ4v) is 7.10. The standard InChI is InChI=1S/C27H37N3O4S/c1-19-20(2)22(4)26(23(5)21(19)3)35(32,33)30-11-9-29(10-12-30)27(31)25-8-6-7-24(17-25)18-28-13-15-34-16-14-28/h6-8,17H,9-16,18H2,1-5H3. The Bertz CT molecular complexity index is 1180. The molecule has 0 radical (unpaired) electrons. The zero-order valence-corrected chi connectivity index (χ0v) is 22.4. The smallest absolute Gasteiger partial charge is 0.253 e. The van der Waals surface area contributed by atoms with Crippen molar-refractivity contribution in [3.05, 3.63) is 63.2 Å². The Kier molecular flexibility index (Phi) is 7.66. The van der Waals surface area contributed by atoms with Gasteiger partial charge in [-0.15, -0.1) is 0 Å². The highest BCUT2D eigenvalue weighted by Gasteiger charge is 2.33. The van der Waals surface area contributed by atoms with E-state index in [1.807, 2.05) is 58.9 Å². The molecule has 0 unspecified atom stereocenters. The van der Waals surface area contributed by atoms with E-state index in [2.05, 4.69) is 4.90 Å². The monoisotopic (exact) mass is 499 g/mol. The molecule has 4 rings (SSSR count). The minimum Gasteiger partial charge on any atom is -0.379 e. The average Bonchev–Trinajstić information content (AvgIpc) is 2.86. The largest absolute Gasteiger partial charge is 0.379 e. The van der Waals surface area contributed by atoms with Crippen LogP contribution < -0.4 is 0 Å². The van der Waals surface area contributed by atoms with Crippen molar-refractivity contribution in [2.75, 3.05) is 52.5 Å². The van der Waals surface area contributed by atoms with Crippen LogP contribution in [-0.2, 0) is 21.3 Å². The summed E-state index contributed by atoms with van der Waals surface area (Å²) in [5.74, 6) is -0.0414. The van der Waals surface area contributed by atoms with Gasteiger partial charge in [-0.1, -0.05) is 12.1 Å².